The third-order valence-corrected chi connectivity index (χ3v) is 5.00. The number of nitrogens with zero attached hydrogens (tertiary/aromatic N) is 1. The van der Waals surface area contributed by atoms with Gasteiger partial charge >= 0.3 is 0 Å². The second-order valence-electron chi connectivity index (χ2n) is 3.90. The highest BCUT2D eigenvalue weighted by molar-refractivity contribution is 7.89. The number of halogens is 3. The van der Waals surface area contributed by atoms with Gasteiger partial charge in [-0.25, -0.2) is 8.42 Å². The quantitative estimate of drug-likeness (QED) is 0.575. The van der Waals surface area contributed by atoms with E-state index in [2.05, 4.69) is 0 Å². The van der Waals surface area contributed by atoms with Crippen LogP contribution in [0.1, 0.15) is 19.3 Å². The van der Waals surface area contributed by atoms with Crippen molar-refractivity contribution >= 4 is 44.8 Å². The Morgan fingerprint density at radius 2 is 1.71 bits per heavy atom. The van der Waals surface area contributed by atoms with Gasteiger partial charge in [0, 0.05) is 13.1 Å². The van der Waals surface area contributed by atoms with Crippen LogP contribution in [0, 0.1) is 0 Å². The van der Waals surface area contributed by atoms with Crippen LogP contribution in [0.25, 0.3) is 0 Å². The Kier molecular flexibility index (Phi) is 6.30. The molecule has 1 rings (SSSR count). The van der Waals surface area contributed by atoms with E-state index >= 15 is 0 Å². The molecule has 0 unspecified atom stereocenters. The van der Waals surface area contributed by atoms with Gasteiger partial charge in [-0.1, -0.05) is 34.8 Å². The van der Waals surface area contributed by atoms with E-state index in [9.17, 15) is 8.42 Å². The van der Waals surface area contributed by atoms with Crippen molar-refractivity contribution < 1.29 is 13.2 Å². The zero-order chi connectivity index (χ0) is 12.9. The summed E-state index contributed by atoms with van der Waals surface area (Å²) >= 11 is 16.8. The van der Waals surface area contributed by atoms with Crippen LogP contribution < -0.4 is 0 Å². The normalized spacial score (nSPS) is 19.5. The second-order valence-corrected chi connectivity index (χ2v) is 8.50. The van der Waals surface area contributed by atoms with Crippen molar-refractivity contribution in [3.63, 3.8) is 0 Å². The molecule has 0 amide bonds. The first kappa shape index (κ1) is 15.8. The highest BCUT2D eigenvalue weighted by Gasteiger charge is 2.24. The van der Waals surface area contributed by atoms with Crippen molar-refractivity contribution in [2.45, 2.75) is 23.1 Å². The molecule has 1 aliphatic heterocycles. The van der Waals surface area contributed by atoms with E-state index < -0.39 is 13.8 Å². The molecule has 0 aromatic rings. The Bertz CT molecular complexity index is 323. The third kappa shape index (κ3) is 6.45. The molecule has 0 aromatic heterocycles. The molecule has 0 atom stereocenters. The summed E-state index contributed by atoms with van der Waals surface area (Å²) in [5, 5.41) is 0. The van der Waals surface area contributed by atoms with Crippen molar-refractivity contribution in [3.05, 3.63) is 0 Å². The third-order valence-electron chi connectivity index (χ3n) is 2.48. The molecule has 1 aliphatic rings. The van der Waals surface area contributed by atoms with Gasteiger partial charge in [0.2, 0.25) is 10.0 Å². The van der Waals surface area contributed by atoms with Gasteiger partial charge in [-0.3, -0.25) is 0 Å². The Balaban J connectivity index is 2.29. The van der Waals surface area contributed by atoms with Gasteiger partial charge in [-0.05, 0) is 19.3 Å². The second kappa shape index (κ2) is 6.78. The Hall–Kier alpha value is 0.740. The molecule has 1 fully saturated rings. The highest BCUT2D eigenvalue weighted by Crippen LogP contribution is 2.31. The Morgan fingerprint density at radius 1 is 1.12 bits per heavy atom. The van der Waals surface area contributed by atoms with Gasteiger partial charge < -0.3 is 4.74 Å². The maximum absolute atomic E-state index is 11.9. The minimum absolute atomic E-state index is 0.105. The number of unbranched alkanes of at least 4 members (excludes halogenated alkanes) is 1. The van der Waals surface area contributed by atoms with E-state index in [0.29, 0.717) is 45.6 Å². The molecular formula is C9H16Cl3NO3S. The predicted octanol–water partition coefficient (Wildman–Crippen LogP) is 2.19. The van der Waals surface area contributed by atoms with E-state index in [1.54, 1.807) is 0 Å². The first-order valence-electron chi connectivity index (χ1n) is 5.43. The maximum Gasteiger partial charge on any atom is 0.214 e. The fourth-order valence-electron chi connectivity index (χ4n) is 1.56. The summed E-state index contributed by atoms with van der Waals surface area (Å²) in [6, 6.07) is 0. The lowest BCUT2D eigenvalue weighted by molar-refractivity contribution is 0.0730. The minimum Gasteiger partial charge on any atom is -0.379 e. The summed E-state index contributed by atoms with van der Waals surface area (Å²) in [4.78, 5) is 0. The summed E-state index contributed by atoms with van der Waals surface area (Å²) in [6.45, 7) is 1.81. The molecule has 1 heterocycles. The summed E-state index contributed by atoms with van der Waals surface area (Å²) in [5.74, 6) is 0.105. The van der Waals surface area contributed by atoms with Crippen molar-refractivity contribution in [1.82, 2.24) is 4.31 Å². The number of rotatable bonds is 5. The van der Waals surface area contributed by atoms with Crippen molar-refractivity contribution in [2.24, 2.45) is 0 Å². The molecule has 0 spiro atoms. The lowest BCUT2D eigenvalue weighted by atomic mass is 10.3. The average Bonchev–Trinajstić information content (AvgIpc) is 2.25. The molecule has 0 aromatic carbocycles. The van der Waals surface area contributed by atoms with Crippen LogP contribution in [0.2, 0.25) is 0 Å². The molecule has 4 nitrogen and oxygen atoms in total. The van der Waals surface area contributed by atoms with Gasteiger partial charge in [0.05, 0.1) is 19.0 Å². The molecule has 102 valence electrons. The molecule has 8 heteroatoms. The van der Waals surface area contributed by atoms with E-state index in [0.717, 1.165) is 0 Å². The molecule has 0 radical (unpaired) electrons. The fraction of sp³-hybridized carbons (Fsp3) is 1.00. The topological polar surface area (TPSA) is 46.6 Å². The number of alkyl halides is 3. The number of sulfonamides is 1. The lowest BCUT2D eigenvalue weighted by Crippen LogP contribution is -2.41. The molecule has 0 saturated carbocycles. The lowest BCUT2D eigenvalue weighted by Gasteiger charge is -2.26. The van der Waals surface area contributed by atoms with Crippen molar-refractivity contribution in [1.29, 1.82) is 0 Å². The molecule has 0 aliphatic carbocycles. The van der Waals surface area contributed by atoms with Crippen LogP contribution in [0.5, 0.6) is 0 Å². The Labute approximate surface area is 117 Å². The van der Waals surface area contributed by atoms with Crippen LogP contribution in [-0.2, 0) is 14.8 Å². The maximum atomic E-state index is 11.9. The monoisotopic (exact) mass is 323 g/mol. The van der Waals surface area contributed by atoms with Gasteiger partial charge in [0.15, 0.2) is 3.79 Å². The average molecular weight is 325 g/mol. The first-order chi connectivity index (χ1) is 7.81. The van der Waals surface area contributed by atoms with Crippen molar-refractivity contribution in [3.8, 4) is 0 Å². The molecule has 17 heavy (non-hydrogen) atoms. The van der Waals surface area contributed by atoms with Gasteiger partial charge in [-0.2, -0.15) is 4.31 Å². The number of hydrogen-bond donors (Lipinski definition) is 0. The van der Waals surface area contributed by atoms with Crippen LogP contribution in [0.3, 0.4) is 0 Å². The van der Waals surface area contributed by atoms with E-state index in [4.69, 9.17) is 39.5 Å². The highest BCUT2D eigenvalue weighted by atomic mass is 35.6. The minimum atomic E-state index is -3.18. The van der Waals surface area contributed by atoms with E-state index in [1.165, 1.54) is 4.31 Å². The van der Waals surface area contributed by atoms with Crippen LogP contribution in [-0.4, -0.2) is 48.6 Å². The molecule has 1 saturated heterocycles. The molecule has 0 bridgehead atoms. The molecule has 0 N–H and O–H groups in total. The van der Waals surface area contributed by atoms with E-state index in [-0.39, 0.29) is 5.75 Å². The first-order valence-corrected chi connectivity index (χ1v) is 8.18. The van der Waals surface area contributed by atoms with Gasteiger partial charge in [0.25, 0.3) is 0 Å². The van der Waals surface area contributed by atoms with E-state index in [1.807, 2.05) is 0 Å². The van der Waals surface area contributed by atoms with Crippen LogP contribution in [0.4, 0.5) is 0 Å². The molecular weight excluding hydrogens is 309 g/mol. The summed E-state index contributed by atoms with van der Waals surface area (Å²) in [7, 11) is -3.18. The Morgan fingerprint density at radius 3 is 2.24 bits per heavy atom. The zero-order valence-electron chi connectivity index (χ0n) is 9.37. The summed E-state index contributed by atoms with van der Waals surface area (Å²) < 4.78 is 29.0. The van der Waals surface area contributed by atoms with Gasteiger partial charge in [0.1, 0.15) is 0 Å². The predicted molar refractivity (Wildman–Crippen MR) is 70.3 cm³/mol. The number of morpholine rings is 1. The smallest absolute Gasteiger partial charge is 0.214 e. The van der Waals surface area contributed by atoms with Gasteiger partial charge in [-0.15, -0.1) is 0 Å². The standard InChI is InChI=1S/C9H16Cl3NO3S/c10-9(11,12)3-1-2-8-17(14,15)13-4-6-16-7-5-13/h1-8H2. The largest absolute Gasteiger partial charge is 0.379 e. The van der Waals surface area contributed by atoms with Crippen molar-refractivity contribution in [2.75, 3.05) is 32.1 Å². The SMILES string of the molecule is O=S(=O)(CCCCC(Cl)(Cl)Cl)N1CCOCC1. The zero-order valence-corrected chi connectivity index (χ0v) is 12.5. The number of hydrogen-bond acceptors (Lipinski definition) is 3. The fourth-order valence-corrected chi connectivity index (χ4v) is 3.50. The summed E-state index contributed by atoms with van der Waals surface area (Å²) in [5.41, 5.74) is 0. The van der Waals surface area contributed by atoms with Crippen LogP contribution in [0.15, 0.2) is 0 Å². The number of ether oxygens (including phenoxy) is 1. The van der Waals surface area contributed by atoms with Crippen LogP contribution >= 0.6 is 34.8 Å². The summed E-state index contributed by atoms with van der Waals surface area (Å²) in [6.07, 6.45) is 1.46.